The van der Waals surface area contributed by atoms with Gasteiger partial charge in [-0.2, -0.15) is 0 Å². The summed E-state index contributed by atoms with van der Waals surface area (Å²) in [6, 6.07) is 15.0. The third-order valence-electron chi connectivity index (χ3n) is 3.81. The number of carbonyl (C=O) groups is 1. The van der Waals surface area contributed by atoms with Crippen LogP contribution in [-0.4, -0.2) is 24.8 Å². The molecule has 23 heavy (non-hydrogen) atoms. The van der Waals surface area contributed by atoms with Crippen molar-refractivity contribution in [1.82, 2.24) is 0 Å². The van der Waals surface area contributed by atoms with Crippen LogP contribution in [0, 0.1) is 6.92 Å². The molecule has 0 saturated carbocycles. The van der Waals surface area contributed by atoms with Gasteiger partial charge in [-0.1, -0.05) is 30.3 Å². The van der Waals surface area contributed by atoms with Crippen molar-refractivity contribution in [2.24, 2.45) is 0 Å². The van der Waals surface area contributed by atoms with Crippen LogP contribution < -0.4 is 9.47 Å². The Hall–Kier alpha value is -2.49. The molecular formula is C19H22O4. The van der Waals surface area contributed by atoms with E-state index >= 15 is 0 Å². The predicted molar refractivity (Wildman–Crippen MR) is 89.3 cm³/mol. The Morgan fingerprint density at radius 3 is 2.57 bits per heavy atom. The Balaban J connectivity index is 1.90. The van der Waals surface area contributed by atoms with Crippen LogP contribution in [0.2, 0.25) is 0 Å². The number of carboxylic acids is 1. The molecule has 2 aromatic rings. The van der Waals surface area contributed by atoms with Gasteiger partial charge in [-0.05, 0) is 43.0 Å². The van der Waals surface area contributed by atoms with E-state index in [4.69, 9.17) is 9.47 Å². The van der Waals surface area contributed by atoms with Crippen molar-refractivity contribution in [2.75, 3.05) is 13.7 Å². The normalized spacial score (nSPS) is 11.7. The number of aliphatic carboxylic acids is 1. The Morgan fingerprint density at radius 2 is 1.87 bits per heavy atom. The third-order valence-corrected chi connectivity index (χ3v) is 3.81. The van der Waals surface area contributed by atoms with E-state index in [1.165, 1.54) is 0 Å². The average molecular weight is 314 g/mol. The second kappa shape index (κ2) is 8.22. The van der Waals surface area contributed by atoms with Gasteiger partial charge in [0.15, 0.2) is 0 Å². The topological polar surface area (TPSA) is 55.8 Å². The number of rotatable bonds is 8. The molecule has 0 spiro atoms. The lowest BCUT2D eigenvalue weighted by molar-refractivity contribution is -0.139. The summed E-state index contributed by atoms with van der Waals surface area (Å²) in [5.74, 6) is 0.184. The fourth-order valence-corrected chi connectivity index (χ4v) is 2.56. The molecule has 2 aromatic carbocycles. The minimum Gasteiger partial charge on any atom is -0.497 e. The molecule has 0 radical (unpaired) electrons. The van der Waals surface area contributed by atoms with Crippen molar-refractivity contribution >= 4 is 5.97 Å². The smallest absolute Gasteiger partial charge is 0.310 e. The fraction of sp³-hybridized carbons (Fsp3) is 0.316. The quantitative estimate of drug-likeness (QED) is 0.747. The summed E-state index contributed by atoms with van der Waals surface area (Å²) in [4.78, 5) is 11.5. The molecule has 4 heteroatoms. The summed E-state index contributed by atoms with van der Waals surface area (Å²) in [5, 5.41) is 9.48. The van der Waals surface area contributed by atoms with Gasteiger partial charge in [-0.3, -0.25) is 4.79 Å². The monoisotopic (exact) mass is 314 g/mol. The maximum absolute atomic E-state index is 11.5. The van der Waals surface area contributed by atoms with E-state index in [2.05, 4.69) is 0 Å². The standard InChI is InChI=1S/C19H22O4/c1-14-7-3-4-10-17(14)18(19(20)21)11-6-12-23-16-9-5-8-15(13-16)22-2/h3-5,7-10,13,18H,6,11-12H2,1-2H3,(H,20,21). The number of hydrogen-bond donors (Lipinski definition) is 1. The van der Waals surface area contributed by atoms with Crippen LogP contribution in [0.15, 0.2) is 48.5 Å². The molecule has 1 N–H and O–H groups in total. The van der Waals surface area contributed by atoms with Gasteiger partial charge in [0.25, 0.3) is 0 Å². The number of benzene rings is 2. The van der Waals surface area contributed by atoms with Crippen molar-refractivity contribution in [1.29, 1.82) is 0 Å². The van der Waals surface area contributed by atoms with Crippen LogP contribution in [0.25, 0.3) is 0 Å². The molecule has 0 aliphatic heterocycles. The molecule has 0 heterocycles. The first kappa shape index (κ1) is 16.9. The van der Waals surface area contributed by atoms with Crippen LogP contribution in [0.4, 0.5) is 0 Å². The highest BCUT2D eigenvalue weighted by atomic mass is 16.5. The van der Waals surface area contributed by atoms with Crippen molar-refractivity contribution in [3.8, 4) is 11.5 Å². The first-order chi connectivity index (χ1) is 11.1. The molecule has 2 rings (SSSR count). The highest BCUT2D eigenvalue weighted by molar-refractivity contribution is 5.76. The summed E-state index contributed by atoms with van der Waals surface area (Å²) < 4.78 is 10.8. The van der Waals surface area contributed by atoms with Gasteiger partial charge in [-0.15, -0.1) is 0 Å². The predicted octanol–water partition coefficient (Wildman–Crippen LogP) is 4.03. The zero-order chi connectivity index (χ0) is 16.7. The van der Waals surface area contributed by atoms with Crippen LogP contribution in [0.3, 0.4) is 0 Å². The second-order valence-corrected chi connectivity index (χ2v) is 5.42. The van der Waals surface area contributed by atoms with E-state index in [-0.39, 0.29) is 0 Å². The lowest BCUT2D eigenvalue weighted by Crippen LogP contribution is -2.14. The van der Waals surface area contributed by atoms with Gasteiger partial charge < -0.3 is 14.6 Å². The Kier molecular flexibility index (Phi) is 6.03. The fourth-order valence-electron chi connectivity index (χ4n) is 2.56. The number of carboxylic acid groups (broad SMARTS) is 1. The van der Waals surface area contributed by atoms with Gasteiger partial charge >= 0.3 is 5.97 Å². The molecule has 122 valence electrons. The van der Waals surface area contributed by atoms with Crippen molar-refractivity contribution in [3.63, 3.8) is 0 Å². The Labute approximate surface area is 136 Å². The maximum Gasteiger partial charge on any atom is 0.310 e. The maximum atomic E-state index is 11.5. The van der Waals surface area contributed by atoms with Gasteiger partial charge in [0.1, 0.15) is 11.5 Å². The van der Waals surface area contributed by atoms with Crippen LogP contribution in [0.5, 0.6) is 11.5 Å². The molecule has 0 saturated heterocycles. The summed E-state index contributed by atoms with van der Waals surface area (Å²) in [6.07, 6.45) is 1.21. The van der Waals surface area contributed by atoms with Gasteiger partial charge in [-0.25, -0.2) is 0 Å². The first-order valence-corrected chi connectivity index (χ1v) is 7.67. The molecular weight excluding hydrogens is 292 g/mol. The first-order valence-electron chi connectivity index (χ1n) is 7.67. The van der Waals surface area contributed by atoms with Gasteiger partial charge in [0.2, 0.25) is 0 Å². The Morgan fingerprint density at radius 1 is 1.13 bits per heavy atom. The van der Waals surface area contributed by atoms with E-state index in [0.29, 0.717) is 19.4 Å². The van der Waals surface area contributed by atoms with E-state index in [1.54, 1.807) is 7.11 Å². The third kappa shape index (κ3) is 4.74. The minimum absolute atomic E-state index is 0.475. The highest BCUT2D eigenvalue weighted by Crippen LogP contribution is 2.25. The Bertz CT molecular complexity index is 651. The van der Waals surface area contributed by atoms with E-state index < -0.39 is 11.9 Å². The van der Waals surface area contributed by atoms with Crippen molar-refractivity contribution in [3.05, 3.63) is 59.7 Å². The van der Waals surface area contributed by atoms with Crippen molar-refractivity contribution < 1.29 is 19.4 Å². The summed E-state index contributed by atoms with van der Waals surface area (Å²) in [6.45, 7) is 2.42. The minimum atomic E-state index is -0.791. The molecule has 0 bridgehead atoms. The molecule has 0 aromatic heterocycles. The lowest BCUT2D eigenvalue weighted by Gasteiger charge is -2.15. The average Bonchev–Trinajstić information content (AvgIpc) is 2.56. The number of aryl methyl sites for hydroxylation is 1. The molecule has 1 unspecified atom stereocenters. The van der Waals surface area contributed by atoms with Gasteiger partial charge in [0.05, 0.1) is 19.6 Å². The molecule has 0 aliphatic carbocycles. The largest absolute Gasteiger partial charge is 0.497 e. The molecule has 0 fully saturated rings. The summed E-state index contributed by atoms with van der Waals surface area (Å²) >= 11 is 0. The van der Waals surface area contributed by atoms with E-state index in [0.717, 1.165) is 22.6 Å². The molecule has 0 aliphatic rings. The van der Waals surface area contributed by atoms with Crippen LogP contribution in [0.1, 0.15) is 29.9 Å². The second-order valence-electron chi connectivity index (χ2n) is 5.42. The van der Waals surface area contributed by atoms with Gasteiger partial charge in [0, 0.05) is 6.07 Å². The summed E-state index contributed by atoms with van der Waals surface area (Å²) in [5.41, 5.74) is 1.88. The van der Waals surface area contributed by atoms with Crippen LogP contribution in [-0.2, 0) is 4.79 Å². The summed E-state index contributed by atoms with van der Waals surface area (Å²) in [7, 11) is 1.61. The molecule has 1 atom stereocenters. The molecule has 4 nitrogen and oxygen atoms in total. The molecule has 0 amide bonds. The van der Waals surface area contributed by atoms with Crippen molar-refractivity contribution in [2.45, 2.75) is 25.7 Å². The lowest BCUT2D eigenvalue weighted by atomic mass is 9.91. The van der Waals surface area contributed by atoms with E-state index in [9.17, 15) is 9.90 Å². The SMILES string of the molecule is COc1cccc(OCCCC(C(=O)O)c2ccccc2C)c1. The number of ether oxygens (including phenoxy) is 2. The zero-order valence-electron chi connectivity index (χ0n) is 13.5. The highest BCUT2D eigenvalue weighted by Gasteiger charge is 2.20. The van der Waals surface area contributed by atoms with E-state index in [1.807, 2.05) is 55.5 Å². The van der Waals surface area contributed by atoms with Crippen LogP contribution >= 0.6 is 0 Å². The number of methoxy groups -OCH3 is 1. The number of hydrogen-bond acceptors (Lipinski definition) is 3. The zero-order valence-corrected chi connectivity index (χ0v) is 13.5.